The summed E-state index contributed by atoms with van der Waals surface area (Å²) in [5.74, 6) is -3.39. The molecule has 136 valence electrons. The molecule has 0 bridgehead atoms. The highest BCUT2D eigenvalue weighted by molar-refractivity contribution is 6.18. The molecule has 2 N–H and O–H groups in total. The second kappa shape index (κ2) is 10.9. The zero-order valence-corrected chi connectivity index (χ0v) is 14.6. The van der Waals surface area contributed by atoms with Crippen molar-refractivity contribution in [1.29, 1.82) is 0 Å². The highest BCUT2D eigenvalue weighted by Crippen LogP contribution is 2.34. The number of aliphatic imine (C=N–C) groups is 2. The average Bonchev–Trinajstić information content (AvgIpc) is 3.00. The maximum absolute atomic E-state index is 11.5. The van der Waals surface area contributed by atoms with E-state index >= 15 is 0 Å². The number of rotatable bonds is 14. The van der Waals surface area contributed by atoms with Crippen LogP contribution in [0, 0.1) is 5.92 Å². The van der Waals surface area contributed by atoms with Crippen molar-refractivity contribution in [2.75, 3.05) is 0 Å². The van der Waals surface area contributed by atoms with Gasteiger partial charge in [-0.25, -0.2) is 0 Å². The van der Waals surface area contributed by atoms with Gasteiger partial charge in [-0.05, 0) is 12.8 Å². The molecular formula is C18H30N2O4. The molecule has 0 radical (unpaired) electrons. The van der Waals surface area contributed by atoms with Crippen LogP contribution in [0.4, 0.5) is 0 Å². The summed E-state index contributed by atoms with van der Waals surface area (Å²) < 4.78 is 0. The standard InChI is InChI=1S/C18H30N2O4/c1-2-3-4-5-6-7-8-9-10-11-18(19-12-13-20-18)15(17(23)24)14-16(21)22/h12-13,15H,2-11,14H2,1H3,(H,21,22)(H,23,24). The highest BCUT2D eigenvalue weighted by Gasteiger charge is 2.44. The van der Waals surface area contributed by atoms with E-state index in [4.69, 9.17) is 5.11 Å². The molecule has 0 amide bonds. The number of carboxylic acids is 2. The van der Waals surface area contributed by atoms with Gasteiger partial charge in [-0.15, -0.1) is 0 Å². The lowest BCUT2D eigenvalue weighted by atomic mass is 9.86. The molecule has 1 unspecified atom stereocenters. The van der Waals surface area contributed by atoms with E-state index in [-0.39, 0.29) is 0 Å². The van der Waals surface area contributed by atoms with Gasteiger partial charge in [-0.2, -0.15) is 0 Å². The Balaban J connectivity index is 2.38. The molecule has 0 saturated carbocycles. The van der Waals surface area contributed by atoms with Gasteiger partial charge in [0.25, 0.3) is 0 Å². The van der Waals surface area contributed by atoms with E-state index in [1.165, 1.54) is 51.0 Å². The van der Waals surface area contributed by atoms with Crippen LogP contribution >= 0.6 is 0 Å². The number of carboxylic acid groups (broad SMARTS) is 2. The third-order valence-electron chi connectivity index (χ3n) is 4.55. The van der Waals surface area contributed by atoms with Gasteiger partial charge < -0.3 is 10.2 Å². The number of hydrogen-bond acceptors (Lipinski definition) is 4. The number of carbonyl (C=O) groups is 2. The first-order valence-corrected chi connectivity index (χ1v) is 9.05. The van der Waals surface area contributed by atoms with Crippen molar-refractivity contribution in [3.05, 3.63) is 0 Å². The van der Waals surface area contributed by atoms with Crippen molar-refractivity contribution in [3.63, 3.8) is 0 Å². The van der Waals surface area contributed by atoms with Crippen LogP contribution in [0.1, 0.15) is 77.6 Å². The number of nitrogens with zero attached hydrogens (tertiary/aromatic N) is 2. The predicted octanol–water partition coefficient (Wildman–Crippen LogP) is 3.93. The van der Waals surface area contributed by atoms with Crippen molar-refractivity contribution < 1.29 is 19.8 Å². The Hall–Kier alpha value is -1.72. The Labute approximate surface area is 144 Å². The highest BCUT2D eigenvalue weighted by atomic mass is 16.4. The molecule has 0 spiro atoms. The molecule has 0 aromatic heterocycles. The molecule has 1 heterocycles. The minimum atomic E-state index is -1.15. The molecule has 6 nitrogen and oxygen atoms in total. The lowest BCUT2D eigenvalue weighted by Gasteiger charge is -2.28. The summed E-state index contributed by atoms with van der Waals surface area (Å²) in [5, 5.41) is 18.4. The minimum Gasteiger partial charge on any atom is -0.481 e. The predicted molar refractivity (Wildman–Crippen MR) is 94.9 cm³/mol. The Kier molecular flexibility index (Phi) is 9.27. The normalized spacial score (nSPS) is 16.4. The topological polar surface area (TPSA) is 99.3 Å². The van der Waals surface area contributed by atoms with Crippen LogP contribution in [0.15, 0.2) is 9.98 Å². The fourth-order valence-electron chi connectivity index (χ4n) is 3.16. The Bertz CT molecular complexity index is 448. The molecular weight excluding hydrogens is 308 g/mol. The second-order valence-corrected chi connectivity index (χ2v) is 6.50. The molecule has 1 aliphatic heterocycles. The molecule has 0 aliphatic carbocycles. The van der Waals surface area contributed by atoms with Crippen LogP contribution in [-0.4, -0.2) is 40.2 Å². The molecule has 24 heavy (non-hydrogen) atoms. The average molecular weight is 338 g/mol. The third-order valence-corrected chi connectivity index (χ3v) is 4.55. The first kappa shape index (κ1) is 20.3. The van der Waals surface area contributed by atoms with E-state index in [1.807, 2.05) is 0 Å². The van der Waals surface area contributed by atoms with Crippen LogP contribution in [0.2, 0.25) is 0 Å². The zero-order chi connectivity index (χ0) is 17.8. The zero-order valence-electron chi connectivity index (χ0n) is 14.6. The first-order chi connectivity index (χ1) is 11.5. The molecule has 0 aromatic rings. The minimum absolute atomic E-state index is 0.457. The fraction of sp³-hybridized carbons (Fsp3) is 0.778. The fourth-order valence-corrected chi connectivity index (χ4v) is 3.16. The lowest BCUT2D eigenvalue weighted by Crippen LogP contribution is -2.39. The number of hydrogen-bond donors (Lipinski definition) is 2. The largest absolute Gasteiger partial charge is 0.481 e. The molecule has 1 rings (SSSR count). The molecule has 6 heteroatoms. The summed E-state index contributed by atoms with van der Waals surface area (Å²) in [6.07, 6.45) is 13.5. The number of aliphatic carboxylic acids is 2. The lowest BCUT2D eigenvalue weighted by molar-refractivity contribution is -0.150. The van der Waals surface area contributed by atoms with E-state index in [0.717, 1.165) is 19.3 Å². The summed E-state index contributed by atoms with van der Waals surface area (Å²) >= 11 is 0. The quantitative estimate of drug-likeness (QED) is 0.469. The van der Waals surface area contributed by atoms with Crippen LogP contribution in [0.25, 0.3) is 0 Å². The first-order valence-electron chi connectivity index (χ1n) is 9.05. The van der Waals surface area contributed by atoms with Crippen molar-refractivity contribution in [1.82, 2.24) is 0 Å². The third kappa shape index (κ3) is 6.81. The van der Waals surface area contributed by atoms with E-state index in [1.54, 1.807) is 0 Å². The summed E-state index contributed by atoms with van der Waals surface area (Å²) in [5.41, 5.74) is -1.13. The van der Waals surface area contributed by atoms with Crippen LogP contribution in [0.3, 0.4) is 0 Å². The van der Waals surface area contributed by atoms with E-state index in [2.05, 4.69) is 16.9 Å². The maximum atomic E-state index is 11.5. The SMILES string of the molecule is CCCCCCCCCCCC1(C(CC(=O)O)C(=O)O)N=CC=N1. The van der Waals surface area contributed by atoms with Crippen molar-refractivity contribution in [2.24, 2.45) is 15.9 Å². The number of unbranched alkanes of at least 4 members (excludes halogenated alkanes) is 8. The van der Waals surface area contributed by atoms with Gasteiger partial charge in [0.2, 0.25) is 0 Å². The van der Waals surface area contributed by atoms with Crippen LogP contribution in [0.5, 0.6) is 0 Å². The Morgan fingerprint density at radius 1 is 0.917 bits per heavy atom. The van der Waals surface area contributed by atoms with Crippen LogP contribution in [-0.2, 0) is 9.59 Å². The summed E-state index contributed by atoms with van der Waals surface area (Å²) in [7, 11) is 0. The Morgan fingerprint density at radius 2 is 1.42 bits per heavy atom. The van der Waals surface area contributed by atoms with Gasteiger partial charge in [0.1, 0.15) is 5.92 Å². The van der Waals surface area contributed by atoms with Crippen molar-refractivity contribution in [2.45, 2.75) is 83.2 Å². The smallest absolute Gasteiger partial charge is 0.311 e. The van der Waals surface area contributed by atoms with Gasteiger partial charge in [-0.3, -0.25) is 19.6 Å². The van der Waals surface area contributed by atoms with Crippen molar-refractivity contribution in [3.8, 4) is 0 Å². The van der Waals surface area contributed by atoms with Gasteiger partial charge in [0.05, 0.1) is 6.42 Å². The van der Waals surface area contributed by atoms with Crippen LogP contribution < -0.4 is 0 Å². The van der Waals surface area contributed by atoms with Gasteiger partial charge in [0.15, 0.2) is 5.66 Å². The maximum Gasteiger partial charge on any atom is 0.311 e. The second-order valence-electron chi connectivity index (χ2n) is 6.50. The summed E-state index contributed by atoms with van der Waals surface area (Å²) in [6.45, 7) is 2.21. The molecule has 1 atom stereocenters. The Morgan fingerprint density at radius 3 is 1.88 bits per heavy atom. The summed E-state index contributed by atoms with van der Waals surface area (Å²) in [6, 6.07) is 0. The van der Waals surface area contributed by atoms with E-state index < -0.39 is 29.9 Å². The summed E-state index contributed by atoms with van der Waals surface area (Å²) in [4.78, 5) is 30.9. The van der Waals surface area contributed by atoms with E-state index in [0.29, 0.717) is 6.42 Å². The van der Waals surface area contributed by atoms with Gasteiger partial charge in [-0.1, -0.05) is 58.3 Å². The van der Waals surface area contributed by atoms with Crippen molar-refractivity contribution >= 4 is 24.4 Å². The van der Waals surface area contributed by atoms with E-state index in [9.17, 15) is 14.7 Å². The molecule has 0 fully saturated rings. The molecule has 0 saturated heterocycles. The molecule has 1 aliphatic rings. The van der Waals surface area contributed by atoms with Gasteiger partial charge >= 0.3 is 11.9 Å². The monoisotopic (exact) mass is 338 g/mol. The van der Waals surface area contributed by atoms with Gasteiger partial charge in [0, 0.05) is 12.4 Å². The molecule has 0 aromatic carbocycles.